The third kappa shape index (κ3) is 7.39. The summed E-state index contributed by atoms with van der Waals surface area (Å²) in [5.41, 5.74) is 0.843. The van der Waals surface area contributed by atoms with Gasteiger partial charge in [-0.25, -0.2) is 8.42 Å². The first-order chi connectivity index (χ1) is 13.7. The van der Waals surface area contributed by atoms with Gasteiger partial charge >= 0.3 is 0 Å². The maximum Gasteiger partial charge on any atom is 0.246 e. The Hall–Kier alpha value is -1.44. The van der Waals surface area contributed by atoms with Crippen LogP contribution in [0.2, 0.25) is 0 Å². The van der Waals surface area contributed by atoms with E-state index in [2.05, 4.69) is 26.1 Å². The molecule has 2 rings (SSSR count). The Morgan fingerprint density at radius 1 is 1.21 bits per heavy atom. The van der Waals surface area contributed by atoms with Crippen LogP contribution in [0.1, 0.15) is 45.6 Å². The average molecular weight is 426 g/mol. The lowest BCUT2D eigenvalue weighted by molar-refractivity contribution is -0.131. The van der Waals surface area contributed by atoms with Crippen LogP contribution in [0.4, 0.5) is 0 Å². The lowest BCUT2D eigenvalue weighted by Gasteiger charge is -2.37. The van der Waals surface area contributed by atoms with Crippen molar-refractivity contribution in [1.82, 2.24) is 5.32 Å². The molecule has 1 aliphatic carbocycles. The Labute approximate surface area is 175 Å². The topological polar surface area (TPSA) is 81.7 Å². The standard InChI is InChI=1S/C22H35NO5S/c1-16(2)20-10-5-17(3)13-21(20)28-15-22(24)23-14-18-6-8-19(9-7-18)29(25,26)12-11-27-4/h6-9,16-17,20-21H,5,10-15H2,1-4H3,(H,23,24). The van der Waals surface area contributed by atoms with Crippen molar-refractivity contribution in [2.24, 2.45) is 17.8 Å². The molecule has 0 bridgehead atoms. The van der Waals surface area contributed by atoms with Crippen LogP contribution in [0.15, 0.2) is 29.2 Å². The number of carbonyl (C=O) groups is 1. The molecular formula is C22H35NO5S. The highest BCUT2D eigenvalue weighted by Gasteiger charge is 2.31. The second-order valence-corrected chi connectivity index (χ2v) is 10.5. The fraction of sp³-hybridized carbons (Fsp3) is 0.682. The first-order valence-corrected chi connectivity index (χ1v) is 12.1. The molecule has 1 aromatic carbocycles. The maximum absolute atomic E-state index is 12.2. The van der Waals surface area contributed by atoms with Gasteiger partial charge in [0.1, 0.15) is 6.61 Å². The molecule has 29 heavy (non-hydrogen) atoms. The van der Waals surface area contributed by atoms with Gasteiger partial charge in [0.15, 0.2) is 9.84 Å². The molecule has 0 heterocycles. The van der Waals surface area contributed by atoms with Crippen molar-refractivity contribution >= 4 is 15.7 Å². The molecule has 0 aromatic heterocycles. The number of carbonyl (C=O) groups excluding carboxylic acids is 1. The summed E-state index contributed by atoms with van der Waals surface area (Å²) in [5.74, 6) is 1.49. The van der Waals surface area contributed by atoms with Gasteiger partial charge in [-0.1, -0.05) is 39.3 Å². The largest absolute Gasteiger partial charge is 0.384 e. The highest BCUT2D eigenvalue weighted by Crippen LogP contribution is 2.35. The molecule has 1 fully saturated rings. The minimum Gasteiger partial charge on any atom is -0.384 e. The molecule has 0 aliphatic heterocycles. The van der Waals surface area contributed by atoms with Gasteiger partial charge in [0.05, 0.1) is 23.4 Å². The predicted molar refractivity (Wildman–Crippen MR) is 113 cm³/mol. The first kappa shape index (κ1) is 23.8. The van der Waals surface area contributed by atoms with Crippen molar-refractivity contribution in [3.63, 3.8) is 0 Å². The smallest absolute Gasteiger partial charge is 0.246 e. The average Bonchev–Trinajstić information content (AvgIpc) is 2.69. The first-order valence-electron chi connectivity index (χ1n) is 10.4. The van der Waals surface area contributed by atoms with E-state index in [-0.39, 0.29) is 35.9 Å². The molecule has 6 nitrogen and oxygen atoms in total. The lowest BCUT2D eigenvalue weighted by atomic mass is 9.75. The Morgan fingerprint density at radius 2 is 1.90 bits per heavy atom. The van der Waals surface area contributed by atoms with Crippen LogP contribution in [0.5, 0.6) is 0 Å². The van der Waals surface area contributed by atoms with Crippen LogP contribution in [0, 0.1) is 17.8 Å². The van der Waals surface area contributed by atoms with Gasteiger partial charge < -0.3 is 14.8 Å². The second kappa shape index (κ2) is 11.1. The summed E-state index contributed by atoms with van der Waals surface area (Å²) >= 11 is 0. The van der Waals surface area contributed by atoms with E-state index in [1.165, 1.54) is 13.5 Å². The number of hydrogen-bond donors (Lipinski definition) is 1. The van der Waals surface area contributed by atoms with Crippen molar-refractivity contribution in [2.75, 3.05) is 26.1 Å². The number of methoxy groups -OCH3 is 1. The second-order valence-electron chi connectivity index (χ2n) is 8.41. The van der Waals surface area contributed by atoms with Gasteiger partial charge in [0, 0.05) is 13.7 Å². The molecule has 3 unspecified atom stereocenters. The van der Waals surface area contributed by atoms with Crippen LogP contribution in [0.3, 0.4) is 0 Å². The summed E-state index contributed by atoms with van der Waals surface area (Å²) in [6.07, 6.45) is 3.53. The van der Waals surface area contributed by atoms with E-state index in [0.717, 1.165) is 18.4 Å². The van der Waals surface area contributed by atoms with E-state index in [4.69, 9.17) is 9.47 Å². The van der Waals surface area contributed by atoms with Crippen LogP contribution in [0.25, 0.3) is 0 Å². The summed E-state index contributed by atoms with van der Waals surface area (Å²) in [7, 11) is -1.87. The third-order valence-corrected chi connectivity index (χ3v) is 7.41. The Bertz CT molecular complexity index is 745. The molecule has 7 heteroatoms. The number of benzene rings is 1. The van der Waals surface area contributed by atoms with Gasteiger partial charge in [0.25, 0.3) is 0 Å². The molecule has 164 valence electrons. The number of sulfone groups is 1. The van der Waals surface area contributed by atoms with E-state index in [9.17, 15) is 13.2 Å². The van der Waals surface area contributed by atoms with Crippen molar-refractivity contribution in [3.8, 4) is 0 Å². The zero-order chi connectivity index (χ0) is 21.4. The number of amides is 1. The zero-order valence-corrected chi connectivity index (χ0v) is 18.8. The summed E-state index contributed by atoms with van der Waals surface area (Å²) in [6, 6.07) is 6.58. The summed E-state index contributed by atoms with van der Waals surface area (Å²) in [5, 5.41) is 2.85. The van der Waals surface area contributed by atoms with Crippen LogP contribution < -0.4 is 5.32 Å². The molecule has 3 atom stereocenters. The fourth-order valence-corrected chi connectivity index (χ4v) is 5.04. The highest BCUT2D eigenvalue weighted by atomic mass is 32.2. The Balaban J connectivity index is 1.81. The number of nitrogens with one attached hydrogen (secondary N) is 1. The van der Waals surface area contributed by atoms with E-state index >= 15 is 0 Å². The molecule has 1 aliphatic rings. The molecular weight excluding hydrogens is 390 g/mol. The monoisotopic (exact) mass is 425 g/mol. The van der Waals surface area contributed by atoms with Crippen molar-refractivity contribution in [1.29, 1.82) is 0 Å². The number of rotatable bonds is 10. The highest BCUT2D eigenvalue weighted by molar-refractivity contribution is 7.91. The normalized spacial score (nSPS) is 22.6. The van der Waals surface area contributed by atoms with E-state index in [1.807, 2.05) is 0 Å². The van der Waals surface area contributed by atoms with Crippen molar-refractivity contribution in [3.05, 3.63) is 29.8 Å². The van der Waals surface area contributed by atoms with E-state index < -0.39 is 9.84 Å². The molecule has 1 N–H and O–H groups in total. The predicted octanol–water partition coefficient (Wildman–Crippen LogP) is 3.20. The van der Waals surface area contributed by atoms with Gasteiger partial charge in [-0.05, 0) is 48.3 Å². The van der Waals surface area contributed by atoms with Gasteiger partial charge in [-0.15, -0.1) is 0 Å². The van der Waals surface area contributed by atoms with Crippen LogP contribution >= 0.6 is 0 Å². The van der Waals surface area contributed by atoms with Gasteiger partial charge in [-0.3, -0.25) is 4.79 Å². The SMILES string of the molecule is COCCS(=O)(=O)c1ccc(CNC(=O)COC2CC(C)CCC2C(C)C)cc1. The third-order valence-electron chi connectivity index (χ3n) is 5.72. The summed E-state index contributed by atoms with van der Waals surface area (Å²) < 4.78 is 35.1. The molecule has 1 amide bonds. The molecule has 0 saturated heterocycles. The van der Waals surface area contributed by atoms with E-state index in [0.29, 0.717) is 24.3 Å². The van der Waals surface area contributed by atoms with Gasteiger partial charge in [0.2, 0.25) is 5.91 Å². The number of hydrogen-bond acceptors (Lipinski definition) is 5. The summed E-state index contributed by atoms with van der Waals surface area (Å²) in [4.78, 5) is 12.5. The maximum atomic E-state index is 12.2. The van der Waals surface area contributed by atoms with Gasteiger partial charge in [-0.2, -0.15) is 0 Å². The molecule has 1 aromatic rings. The molecule has 0 spiro atoms. The minimum atomic E-state index is -3.34. The Kier molecular flexibility index (Phi) is 9.11. The lowest BCUT2D eigenvalue weighted by Crippen LogP contribution is -2.37. The van der Waals surface area contributed by atoms with Crippen LogP contribution in [-0.2, 0) is 30.7 Å². The molecule has 0 radical (unpaired) electrons. The summed E-state index contributed by atoms with van der Waals surface area (Å²) in [6.45, 7) is 7.25. The fourth-order valence-electron chi connectivity index (χ4n) is 3.87. The van der Waals surface area contributed by atoms with Crippen molar-refractivity contribution < 1.29 is 22.7 Å². The number of ether oxygens (including phenoxy) is 2. The molecule has 1 saturated carbocycles. The minimum absolute atomic E-state index is 0.0475. The quantitative estimate of drug-likeness (QED) is 0.623. The van der Waals surface area contributed by atoms with E-state index in [1.54, 1.807) is 24.3 Å². The Morgan fingerprint density at radius 3 is 2.52 bits per heavy atom. The van der Waals surface area contributed by atoms with Crippen molar-refractivity contribution in [2.45, 2.75) is 57.6 Å². The zero-order valence-electron chi connectivity index (χ0n) is 18.0. The van der Waals surface area contributed by atoms with Crippen LogP contribution in [-0.4, -0.2) is 46.5 Å².